The average Bonchev–Trinajstić information content (AvgIpc) is 2.76. The van der Waals surface area contributed by atoms with E-state index in [9.17, 15) is 9.59 Å². The molecule has 0 atom stereocenters. The molecule has 4 nitrogen and oxygen atoms in total. The third kappa shape index (κ3) is 14.3. The molecule has 0 spiro atoms. The number of esters is 2. The zero-order valence-corrected chi connectivity index (χ0v) is 21.0. The van der Waals surface area contributed by atoms with Gasteiger partial charge in [0.1, 0.15) is 0 Å². The Morgan fingerprint density at radius 1 is 0.562 bits per heavy atom. The second-order valence-electron chi connectivity index (χ2n) is 9.75. The molecule has 1 rings (SSSR count). The maximum Gasteiger partial charge on any atom is 0.338 e. The summed E-state index contributed by atoms with van der Waals surface area (Å²) in [5.41, 5.74) is 0.944. The Bertz CT molecular complexity index is 564. The summed E-state index contributed by atoms with van der Waals surface area (Å²) in [6.45, 7) is 9.92. The smallest absolute Gasteiger partial charge is 0.338 e. The predicted molar refractivity (Wildman–Crippen MR) is 132 cm³/mol. The molecule has 0 fully saturated rings. The quantitative estimate of drug-likeness (QED) is 0.169. The zero-order chi connectivity index (χ0) is 23.6. The number of benzene rings is 1. The number of carbonyl (C=O) groups excluding carboxylic acids is 2. The number of rotatable bonds is 18. The lowest BCUT2D eigenvalue weighted by Gasteiger charge is -2.07. The minimum atomic E-state index is -0.331. The van der Waals surface area contributed by atoms with E-state index in [4.69, 9.17) is 9.47 Å². The van der Waals surface area contributed by atoms with E-state index < -0.39 is 0 Å². The third-order valence-corrected chi connectivity index (χ3v) is 5.67. The summed E-state index contributed by atoms with van der Waals surface area (Å²) in [7, 11) is 0. The molecule has 0 amide bonds. The van der Waals surface area contributed by atoms with Crippen LogP contribution in [-0.2, 0) is 9.47 Å². The Morgan fingerprint density at radius 2 is 0.875 bits per heavy atom. The molecule has 1 aromatic carbocycles. The van der Waals surface area contributed by atoms with Gasteiger partial charge in [-0.15, -0.1) is 0 Å². The van der Waals surface area contributed by atoms with Crippen LogP contribution in [0, 0.1) is 11.8 Å². The van der Waals surface area contributed by atoms with Crippen molar-refractivity contribution in [3.05, 3.63) is 35.4 Å². The van der Waals surface area contributed by atoms with E-state index >= 15 is 0 Å². The lowest BCUT2D eigenvalue weighted by Crippen LogP contribution is -2.09. The molecule has 0 aliphatic heterocycles. The van der Waals surface area contributed by atoms with Crippen molar-refractivity contribution in [3.63, 3.8) is 0 Å². The first-order chi connectivity index (χ1) is 15.4. The molecular formula is C28H46O4. The first-order valence-corrected chi connectivity index (χ1v) is 12.8. The summed E-state index contributed by atoms with van der Waals surface area (Å²) in [5, 5.41) is 0. The van der Waals surface area contributed by atoms with E-state index in [1.165, 1.54) is 51.4 Å². The molecule has 0 aliphatic carbocycles. The van der Waals surface area contributed by atoms with E-state index in [-0.39, 0.29) is 11.9 Å². The largest absolute Gasteiger partial charge is 0.462 e. The molecule has 0 unspecified atom stereocenters. The monoisotopic (exact) mass is 446 g/mol. The van der Waals surface area contributed by atoms with Crippen LogP contribution < -0.4 is 0 Å². The topological polar surface area (TPSA) is 52.6 Å². The Kier molecular flexibility index (Phi) is 15.6. The van der Waals surface area contributed by atoms with Crippen molar-refractivity contribution in [1.82, 2.24) is 0 Å². The van der Waals surface area contributed by atoms with Crippen LogP contribution in [0.1, 0.15) is 125 Å². The molecule has 0 saturated carbocycles. The van der Waals surface area contributed by atoms with Gasteiger partial charge in [-0.2, -0.15) is 0 Å². The molecule has 0 aliphatic rings. The van der Waals surface area contributed by atoms with E-state index in [1.54, 1.807) is 24.3 Å². The Morgan fingerprint density at radius 3 is 1.22 bits per heavy atom. The van der Waals surface area contributed by atoms with Crippen LogP contribution in [-0.4, -0.2) is 25.2 Å². The average molecular weight is 447 g/mol. The first-order valence-electron chi connectivity index (χ1n) is 12.8. The van der Waals surface area contributed by atoms with Crippen LogP contribution in [0.2, 0.25) is 0 Å². The Hall–Kier alpha value is -1.84. The molecule has 1 aromatic rings. The summed E-state index contributed by atoms with van der Waals surface area (Å²) in [4.78, 5) is 24.3. The Balaban J connectivity index is 2.14. The molecule has 0 aromatic heterocycles. The molecule has 0 bridgehead atoms. The number of hydrogen-bond donors (Lipinski definition) is 0. The predicted octanol–water partition coefficient (Wildman–Crippen LogP) is 7.99. The van der Waals surface area contributed by atoms with Crippen molar-refractivity contribution in [2.75, 3.05) is 13.2 Å². The summed E-state index contributed by atoms with van der Waals surface area (Å²) < 4.78 is 10.7. The number of hydrogen-bond acceptors (Lipinski definition) is 4. The van der Waals surface area contributed by atoms with Gasteiger partial charge in [0.2, 0.25) is 0 Å². The van der Waals surface area contributed by atoms with Gasteiger partial charge in [-0.3, -0.25) is 0 Å². The van der Waals surface area contributed by atoms with Crippen molar-refractivity contribution in [2.45, 2.75) is 105 Å². The standard InChI is InChI=1S/C28H46O4/c1-23(2)15-11-7-5-9-13-21-31-27(29)25-17-19-26(20-18-25)28(30)32-22-14-10-6-8-12-16-24(3)4/h17-20,23-24H,5-16,21-22H2,1-4H3. The van der Waals surface area contributed by atoms with Gasteiger partial charge < -0.3 is 9.47 Å². The van der Waals surface area contributed by atoms with Crippen LogP contribution in [0.15, 0.2) is 24.3 Å². The van der Waals surface area contributed by atoms with Crippen molar-refractivity contribution in [2.24, 2.45) is 11.8 Å². The summed E-state index contributed by atoms with van der Waals surface area (Å²) in [6.07, 6.45) is 14.0. The second-order valence-corrected chi connectivity index (χ2v) is 9.75. The van der Waals surface area contributed by atoms with Crippen molar-refractivity contribution in [3.8, 4) is 0 Å². The van der Waals surface area contributed by atoms with Gasteiger partial charge in [0.05, 0.1) is 24.3 Å². The van der Waals surface area contributed by atoms with Gasteiger partial charge in [0, 0.05) is 0 Å². The highest BCUT2D eigenvalue weighted by atomic mass is 16.5. The maximum absolute atomic E-state index is 12.2. The van der Waals surface area contributed by atoms with E-state index in [0.717, 1.165) is 37.5 Å². The lowest BCUT2D eigenvalue weighted by atomic mass is 10.0. The van der Waals surface area contributed by atoms with Crippen LogP contribution in [0.4, 0.5) is 0 Å². The van der Waals surface area contributed by atoms with Crippen LogP contribution in [0.5, 0.6) is 0 Å². The van der Waals surface area contributed by atoms with Gasteiger partial charge in [0.15, 0.2) is 0 Å². The van der Waals surface area contributed by atoms with Crippen molar-refractivity contribution >= 4 is 11.9 Å². The zero-order valence-electron chi connectivity index (χ0n) is 21.0. The molecule has 182 valence electrons. The SMILES string of the molecule is CC(C)CCCCCCCOC(=O)c1ccc(C(=O)OCCCCCCCC(C)C)cc1. The van der Waals surface area contributed by atoms with Gasteiger partial charge in [-0.1, -0.05) is 91.9 Å². The molecule has 0 heterocycles. The molecule has 0 radical (unpaired) electrons. The van der Waals surface area contributed by atoms with Gasteiger partial charge in [-0.25, -0.2) is 9.59 Å². The van der Waals surface area contributed by atoms with Crippen molar-refractivity contribution < 1.29 is 19.1 Å². The first kappa shape index (κ1) is 28.2. The van der Waals surface area contributed by atoms with Crippen LogP contribution in [0.3, 0.4) is 0 Å². The molecule has 32 heavy (non-hydrogen) atoms. The van der Waals surface area contributed by atoms with Gasteiger partial charge in [-0.05, 0) is 48.9 Å². The minimum absolute atomic E-state index is 0.331. The molecule has 4 heteroatoms. The van der Waals surface area contributed by atoms with Gasteiger partial charge >= 0.3 is 11.9 Å². The normalized spacial score (nSPS) is 11.2. The minimum Gasteiger partial charge on any atom is -0.462 e. The fourth-order valence-electron chi connectivity index (χ4n) is 3.61. The lowest BCUT2D eigenvalue weighted by molar-refractivity contribution is 0.0483. The van der Waals surface area contributed by atoms with E-state index in [0.29, 0.717) is 24.3 Å². The summed E-state index contributed by atoms with van der Waals surface area (Å²) >= 11 is 0. The summed E-state index contributed by atoms with van der Waals surface area (Å²) in [6, 6.07) is 6.55. The number of unbranched alkanes of at least 4 members (excludes halogenated alkanes) is 8. The van der Waals surface area contributed by atoms with Crippen molar-refractivity contribution in [1.29, 1.82) is 0 Å². The number of ether oxygens (including phenoxy) is 2. The summed E-state index contributed by atoms with van der Waals surface area (Å²) in [5.74, 6) is 0.890. The number of carbonyl (C=O) groups is 2. The second kappa shape index (κ2) is 17.7. The van der Waals surface area contributed by atoms with E-state index in [2.05, 4.69) is 27.7 Å². The Labute approximate surface area is 196 Å². The van der Waals surface area contributed by atoms with Crippen LogP contribution in [0.25, 0.3) is 0 Å². The van der Waals surface area contributed by atoms with Crippen LogP contribution >= 0.6 is 0 Å². The highest BCUT2D eigenvalue weighted by Crippen LogP contribution is 2.13. The highest BCUT2D eigenvalue weighted by Gasteiger charge is 2.11. The third-order valence-electron chi connectivity index (χ3n) is 5.67. The maximum atomic E-state index is 12.2. The van der Waals surface area contributed by atoms with Gasteiger partial charge in [0.25, 0.3) is 0 Å². The molecule has 0 saturated heterocycles. The fraction of sp³-hybridized carbons (Fsp3) is 0.714. The molecule has 0 N–H and O–H groups in total. The molecular weight excluding hydrogens is 400 g/mol. The highest BCUT2D eigenvalue weighted by molar-refractivity contribution is 5.93. The fourth-order valence-corrected chi connectivity index (χ4v) is 3.61. The van der Waals surface area contributed by atoms with E-state index in [1.807, 2.05) is 0 Å².